The standard InChI is InChI=1S/C23H19N5O3S/c29-19(24-23-26-25-21(32-23)14-7-2-1-3-8-14)15-9-6-10-16(13-15)28-22(31)18-12-5-4-11-17(18)20(30)27-28/h1-10,13,17-18H,11-12H2,(H,27,30)(H,24,26,29). The van der Waals surface area contributed by atoms with Crippen LogP contribution in [0.1, 0.15) is 23.2 Å². The van der Waals surface area contributed by atoms with E-state index in [-0.39, 0.29) is 29.6 Å². The number of nitrogens with zero attached hydrogens (tertiary/aromatic N) is 3. The Kier molecular flexibility index (Phi) is 5.24. The highest BCUT2D eigenvalue weighted by Crippen LogP contribution is 2.32. The predicted molar refractivity (Wildman–Crippen MR) is 121 cm³/mol. The molecule has 2 N–H and O–H groups in total. The van der Waals surface area contributed by atoms with E-state index in [4.69, 9.17) is 0 Å². The van der Waals surface area contributed by atoms with Crippen LogP contribution >= 0.6 is 11.3 Å². The number of benzene rings is 2. The highest BCUT2D eigenvalue weighted by Gasteiger charge is 2.42. The van der Waals surface area contributed by atoms with E-state index in [1.165, 1.54) is 16.3 Å². The van der Waals surface area contributed by atoms with Crippen LogP contribution in [-0.4, -0.2) is 27.9 Å². The Labute approximate surface area is 187 Å². The summed E-state index contributed by atoms with van der Waals surface area (Å²) in [4.78, 5) is 38.3. The van der Waals surface area contributed by atoms with Crippen molar-refractivity contribution in [2.45, 2.75) is 12.8 Å². The summed E-state index contributed by atoms with van der Waals surface area (Å²) in [7, 11) is 0. The summed E-state index contributed by atoms with van der Waals surface area (Å²) in [6.45, 7) is 0. The molecule has 1 aliphatic heterocycles. The van der Waals surface area contributed by atoms with Crippen LogP contribution in [-0.2, 0) is 9.59 Å². The normalized spacial score (nSPS) is 19.9. The number of fused-ring (bicyclic) bond motifs is 1. The zero-order valence-corrected chi connectivity index (χ0v) is 17.7. The molecule has 2 aliphatic rings. The number of aromatic nitrogens is 2. The van der Waals surface area contributed by atoms with Crippen molar-refractivity contribution in [2.24, 2.45) is 11.8 Å². The molecule has 160 valence electrons. The number of hydrogen-bond donors (Lipinski definition) is 2. The van der Waals surface area contributed by atoms with E-state index in [2.05, 4.69) is 20.9 Å². The van der Waals surface area contributed by atoms with Gasteiger partial charge in [-0.25, -0.2) is 5.01 Å². The van der Waals surface area contributed by atoms with Crippen LogP contribution in [0.5, 0.6) is 0 Å². The van der Waals surface area contributed by atoms with Gasteiger partial charge in [0.15, 0.2) is 0 Å². The fraction of sp³-hybridized carbons (Fsp3) is 0.174. The first-order valence-electron chi connectivity index (χ1n) is 10.2. The van der Waals surface area contributed by atoms with Crippen molar-refractivity contribution in [3.8, 4) is 10.6 Å². The Morgan fingerprint density at radius 2 is 1.78 bits per heavy atom. The van der Waals surface area contributed by atoms with E-state index in [0.29, 0.717) is 34.2 Å². The molecule has 3 amide bonds. The molecule has 0 spiro atoms. The summed E-state index contributed by atoms with van der Waals surface area (Å²) in [5.74, 6) is -1.46. The molecule has 5 rings (SSSR count). The minimum Gasteiger partial charge on any atom is -0.296 e. The molecule has 9 heteroatoms. The largest absolute Gasteiger partial charge is 0.296 e. The monoisotopic (exact) mass is 445 g/mol. The van der Waals surface area contributed by atoms with Gasteiger partial charge in [-0.15, -0.1) is 10.2 Å². The minimum atomic E-state index is -0.385. The van der Waals surface area contributed by atoms with Crippen LogP contribution in [0.15, 0.2) is 66.7 Å². The fourth-order valence-electron chi connectivity index (χ4n) is 3.91. The Hall–Kier alpha value is -3.85. The number of carbonyl (C=O) groups is 3. The van der Waals surface area contributed by atoms with Gasteiger partial charge < -0.3 is 0 Å². The molecular weight excluding hydrogens is 426 g/mol. The maximum atomic E-state index is 13.0. The molecule has 1 aliphatic carbocycles. The summed E-state index contributed by atoms with van der Waals surface area (Å²) in [6.07, 6.45) is 4.97. The number of hydrogen-bond acceptors (Lipinski definition) is 6. The van der Waals surface area contributed by atoms with E-state index in [9.17, 15) is 14.4 Å². The SMILES string of the molecule is O=C(Nc1nnc(-c2ccccc2)s1)c1cccc(N2NC(=O)C3CC=CCC3C2=O)c1. The van der Waals surface area contributed by atoms with Gasteiger partial charge >= 0.3 is 0 Å². The Morgan fingerprint density at radius 3 is 2.59 bits per heavy atom. The minimum absolute atomic E-state index is 0.173. The lowest BCUT2D eigenvalue weighted by atomic mass is 9.80. The summed E-state index contributed by atoms with van der Waals surface area (Å²) >= 11 is 1.27. The van der Waals surface area contributed by atoms with Crippen molar-refractivity contribution < 1.29 is 14.4 Å². The van der Waals surface area contributed by atoms with Gasteiger partial charge in [0.1, 0.15) is 5.01 Å². The molecule has 2 atom stereocenters. The highest BCUT2D eigenvalue weighted by atomic mass is 32.1. The Balaban J connectivity index is 1.33. The molecule has 0 saturated carbocycles. The molecule has 2 aromatic carbocycles. The van der Waals surface area contributed by atoms with Crippen molar-refractivity contribution in [3.05, 3.63) is 72.3 Å². The summed E-state index contributed by atoms with van der Waals surface area (Å²) in [6, 6.07) is 16.2. The van der Waals surface area contributed by atoms with Crippen molar-refractivity contribution in [1.29, 1.82) is 0 Å². The molecule has 2 heterocycles. The number of hydrazine groups is 1. The molecule has 0 radical (unpaired) electrons. The third-order valence-corrected chi connectivity index (χ3v) is 6.45. The predicted octanol–water partition coefficient (Wildman–Crippen LogP) is 3.42. The first-order chi connectivity index (χ1) is 15.6. The van der Waals surface area contributed by atoms with Crippen LogP contribution in [0.25, 0.3) is 10.6 Å². The van der Waals surface area contributed by atoms with E-state index in [1.807, 2.05) is 42.5 Å². The summed E-state index contributed by atoms with van der Waals surface area (Å²) in [5.41, 5.74) is 4.37. The van der Waals surface area contributed by atoms with Crippen LogP contribution in [0.2, 0.25) is 0 Å². The summed E-state index contributed by atoms with van der Waals surface area (Å²) in [5, 5.41) is 13.2. The molecular formula is C23H19N5O3S. The quantitative estimate of drug-likeness (QED) is 0.599. The average Bonchev–Trinajstić information content (AvgIpc) is 3.30. The van der Waals surface area contributed by atoms with Gasteiger partial charge in [0.05, 0.1) is 17.5 Å². The van der Waals surface area contributed by atoms with Gasteiger partial charge in [-0.1, -0.05) is 59.9 Å². The van der Waals surface area contributed by atoms with Crippen LogP contribution in [0.4, 0.5) is 10.8 Å². The van der Waals surface area contributed by atoms with Crippen molar-refractivity contribution in [3.63, 3.8) is 0 Å². The Morgan fingerprint density at radius 1 is 1.00 bits per heavy atom. The fourth-order valence-corrected chi connectivity index (χ4v) is 4.65. The van der Waals surface area contributed by atoms with Gasteiger partial charge in [0.25, 0.3) is 5.91 Å². The number of nitrogens with one attached hydrogen (secondary N) is 2. The Bertz CT molecular complexity index is 1220. The number of allylic oxidation sites excluding steroid dienone is 2. The third-order valence-electron chi connectivity index (χ3n) is 5.56. The molecule has 1 saturated heterocycles. The van der Waals surface area contributed by atoms with E-state index in [0.717, 1.165) is 5.56 Å². The van der Waals surface area contributed by atoms with E-state index >= 15 is 0 Å². The maximum absolute atomic E-state index is 13.0. The van der Waals surface area contributed by atoms with Gasteiger partial charge in [-0.3, -0.25) is 25.1 Å². The van der Waals surface area contributed by atoms with Crippen molar-refractivity contribution >= 4 is 39.9 Å². The van der Waals surface area contributed by atoms with Crippen LogP contribution in [0, 0.1) is 11.8 Å². The van der Waals surface area contributed by atoms with Gasteiger partial charge in [-0.05, 0) is 31.0 Å². The van der Waals surface area contributed by atoms with Crippen LogP contribution < -0.4 is 15.8 Å². The lowest BCUT2D eigenvalue weighted by molar-refractivity contribution is -0.139. The number of carbonyl (C=O) groups excluding carboxylic acids is 3. The van der Waals surface area contributed by atoms with Crippen molar-refractivity contribution in [2.75, 3.05) is 10.3 Å². The smallest absolute Gasteiger partial charge is 0.257 e. The molecule has 32 heavy (non-hydrogen) atoms. The number of amides is 3. The number of rotatable bonds is 4. The first kappa shape index (κ1) is 20.1. The average molecular weight is 446 g/mol. The molecule has 0 bridgehead atoms. The topological polar surface area (TPSA) is 104 Å². The second-order valence-electron chi connectivity index (χ2n) is 7.59. The number of anilines is 2. The first-order valence-corrected chi connectivity index (χ1v) is 11.0. The van der Waals surface area contributed by atoms with E-state index in [1.54, 1.807) is 24.3 Å². The van der Waals surface area contributed by atoms with Crippen LogP contribution in [0.3, 0.4) is 0 Å². The van der Waals surface area contributed by atoms with E-state index < -0.39 is 0 Å². The van der Waals surface area contributed by atoms with Gasteiger partial charge in [0, 0.05) is 11.1 Å². The van der Waals surface area contributed by atoms with Gasteiger partial charge in [0.2, 0.25) is 16.9 Å². The van der Waals surface area contributed by atoms with Gasteiger partial charge in [-0.2, -0.15) is 0 Å². The maximum Gasteiger partial charge on any atom is 0.257 e. The lowest BCUT2D eigenvalue weighted by Crippen LogP contribution is -2.59. The third kappa shape index (κ3) is 3.78. The molecule has 1 aromatic heterocycles. The second-order valence-corrected chi connectivity index (χ2v) is 8.57. The lowest BCUT2D eigenvalue weighted by Gasteiger charge is -2.38. The second kappa shape index (κ2) is 8.35. The zero-order chi connectivity index (χ0) is 22.1. The zero-order valence-electron chi connectivity index (χ0n) is 16.9. The highest BCUT2D eigenvalue weighted by molar-refractivity contribution is 7.18. The summed E-state index contributed by atoms with van der Waals surface area (Å²) < 4.78 is 0. The molecule has 3 aromatic rings. The molecule has 2 unspecified atom stereocenters. The molecule has 1 fully saturated rings. The molecule has 8 nitrogen and oxygen atoms in total. The van der Waals surface area contributed by atoms with Crippen molar-refractivity contribution in [1.82, 2.24) is 15.6 Å².